The number of anilines is 2. The second kappa shape index (κ2) is 4.45. The zero-order valence-electron chi connectivity index (χ0n) is 8.65. The standard InChI is InChI=1S/C10H13N3O2/c1-7(14)13(2)9-5-3-4-8(6-9)12-10(11)15/h3-6H,1-2H3,(H3,11,12,15). The van der Waals surface area contributed by atoms with E-state index in [0.29, 0.717) is 11.4 Å². The molecule has 0 fully saturated rings. The molecule has 1 rings (SSSR count). The molecule has 0 aromatic heterocycles. The Kier molecular flexibility index (Phi) is 3.28. The van der Waals surface area contributed by atoms with Crippen LogP contribution in [0.2, 0.25) is 0 Å². The Balaban J connectivity index is 2.92. The van der Waals surface area contributed by atoms with Gasteiger partial charge < -0.3 is 16.0 Å². The van der Waals surface area contributed by atoms with Crippen LogP contribution in [-0.4, -0.2) is 19.0 Å². The highest BCUT2D eigenvalue weighted by Gasteiger charge is 2.06. The Bertz CT molecular complexity index is 390. The molecule has 80 valence electrons. The summed E-state index contributed by atoms with van der Waals surface area (Å²) in [6.07, 6.45) is 0. The Morgan fingerprint density at radius 2 is 2.07 bits per heavy atom. The van der Waals surface area contributed by atoms with Crippen molar-refractivity contribution in [2.75, 3.05) is 17.3 Å². The van der Waals surface area contributed by atoms with Crippen molar-refractivity contribution in [1.29, 1.82) is 0 Å². The minimum absolute atomic E-state index is 0.0776. The molecule has 0 saturated heterocycles. The smallest absolute Gasteiger partial charge is 0.316 e. The molecule has 0 aliphatic heterocycles. The van der Waals surface area contributed by atoms with Crippen LogP contribution in [0.5, 0.6) is 0 Å². The van der Waals surface area contributed by atoms with Gasteiger partial charge in [0.05, 0.1) is 0 Å². The van der Waals surface area contributed by atoms with E-state index in [0.717, 1.165) is 0 Å². The van der Waals surface area contributed by atoms with Crippen molar-refractivity contribution in [1.82, 2.24) is 0 Å². The van der Waals surface area contributed by atoms with E-state index in [1.54, 1.807) is 31.3 Å². The number of urea groups is 1. The molecule has 3 N–H and O–H groups in total. The van der Waals surface area contributed by atoms with E-state index in [1.165, 1.54) is 11.8 Å². The van der Waals surface area contributed by atoms with Gasteiger partial charge in [-0.2, -0.15) is 0 Å². The topological polar surface area (TPSA) is 75.4 Å². The van der Waals surface area contributed by atoms with E-state index in [9.17, 15) is 9.59 Å². The minimum Gasteiger partial charge on any atom is -0.351 e. The van der Waals surface area contributed by atoms with Gasteiger partial charge in [0.1, 0.15) is 0 Å². The zero-order chi connectivity index (χ0) is 11.4. The van der Waals surface area contributed by atoms with Crippen molar-refractivity contribution >= 4 is 23.3 Å². The molecule has 0 unspecified atom stereocenters. The number of nitrogens with two attached hydrogens (primary N) is 1. The Labute approximate surface area is 87.9 Å². The minimum atomic E-state index is -0.627. The second-order valence-corrected chi connectivity index (χ2v) is 3.12. The average Bonchev–Trinajstić information content (AvgIpc) is 2.16. The number of rotatable bonds is 2. The van der Waals surface area contributed by atoms with Crippen molar-refractivity contribution in [3.63, 3.8) is 0 Å². The number of carbonyl (C=O) groups excluding carboxylic acids is 2. The van der Waals surface area contributed by atoms with E-state index in [-0.39, 0.29) is 5.91 Å². The van der Waals surface area contributed by atoms with Crippen LogP contribution >= 0.6 is 0 Å². The number of carbonyl (C=O) groups is 2. The lowest BCUT2D eigenvalue weighted by Crippen LogP contribution is -2.23. The first-order valence-electron chi connectivity index (χ1n) is 4.41. The summed E-state index contributed by atoms with van der Waals surface area (Å²) < 4.78 is 0. The van der Waals surface area contributed by atoms with Gasteiger partial charge in [0.15, 0.2) is 0 Å². The number of benzene rings is 1. The summed E-state index contributed by atoms with van der Waals surface area (Å²) in [7, 11) is 1.66. The van der Waals surface area contributed by atoms with E-state index in [2.05, 4.69) is 5.32 Å². The lowest BCUT2D eigenvalue weighted by atomic mass is 10.2. The van der Waals surface area contributed by atoms with Gasteiger partial charge in [-0.25, -0.2) is 4.79 Å². The maximum Gasteiger partial charge on any atom is 0.316 e. The first-order chi connectivity index (χ1) is 7.00. The zero-order valence-corrected chi connectivity index (χ0v) is 8.65. The van der Waals surface area contributed by atoms with Gasteiger partial charge in [-0.15, -0.1) is 0 Å². The Hall–Kier alpha value is -2.04. The highest BCUT2D eigenvalue weighted by molar-refractivity contribution is 5.93. The van der Waals surface area contributed by atoms with Gasteiger partial charge in [0.25, 0.3) is 0 Å². The molecular formula is C10H13N3O2. The van der Waals surface area contributed by atoms with Crippen LogP contribution < -0.4 is 16.0 Å². The van der Waals surface area contributed by atoms with Gasteiger partial charge in [0.2, 0.25) is 5.91 Å². The number of hydrogen-bond acceptors (Lipinski definition) is 2. The van der Waals surface area contributed by atoms with Crippen LogP contribution in [0.4, 0.5) is 16.2 Å². The molecule has 5 heteroatoms. The van der Waals surface area contributed by atoms with E-state index >= 15 is 0 Å². The summed E-state index contributed by atoms with van der Waals surface area (Å²) in [5, 5.41) is 2.44. The molecule has 5 nitrogen and oxygen atoms in total. The molecule has 3 amide bonds. The quantitative estimate of drug-likeness (QED) is 0.763. The third-order valence-corrected chi connectivity index (χ3v) is 1.97. The molecule has 0 saturated carbocycles. The Morgan fingerprint density at radius 3 is 2.60 bits per heavy atom. The first-order valence-corrected chi connectivity index (χ1v) is 4.41. The van der Waals surface area contributed by atoms with Crippen LogP contribution in [0, 0.1) is 0 Å². The second-order valence-electron chi connectivity index (χ2n) is 3.12. The number of amides is 3. The summed E-state index contributed by atoms with van der Waals surface area (Å²) in [6.45, 7) is 1.47. The summed E-state index contributed by atoms with van der Waals surface area (Å²) in [5.41, 5.74) is 6.25. The first kappa shape index (κ1) is 11.0. The van der Waals surface area contributed by atoms with Crippen LogP contribution in [0.25, 0.3) is 0 Å². The third-order valence-electron chi connectivity index (χ3n) is 1.97. The molecule has 0 bridgehead atoms. The van der Waals surface area contributed by atoms with Crippen molar-refractivity contribution in [3.8, 4) is 0 Å². The number of primary amides is 1. The van der Waals surface area contributed by atoms with Crippen LogP contribution in [0.1, 0.15) is 6.92 Å². The molecule has 0 aliphatic carbocycles. The summed E-state index contributed by atoms with van der Waals surface area (Å²) in [4.78, 5) is 23.2. The fourth-order valence-electron chi connectivity index (χ4n) is 1.12. The van der Waals surface area contributed by atoms with Gasteiger partial charge in [-0.3, -0.25) is 4.79 Å². The van der Waals surface area contributed by atoms with Gasteiger partial charge in [-0.1, -0.05) is 6.07 Å². The highest BCUT2D eigenvalue weighted by Crippen LogP contribution is 2.18. The number of nitrogens with one attached hydrogen (secondary N) is 1. The van der Waals surface area contributed by atoms with E-state index in [1.807, 2.05) is 0 Å². The summed E-state index contributed by atoms with van der Waals surface area (Å²) in [6, 6.07) is 6.25. The lowest BCUT2D eigenvalue weighted by Gasteiger charge is -2.15. The predicted molar refractivity (Wildman–Crippen MR) is 58.7 cm³/mol. The average molecular weight is 207 g/mol. The van der Waals surface area contributed by atoms with Crippen LogP contribution in [-0.2, 0) is 4.79 Å². The van der Waals surface area contributed by atoms with Crippen molar-refractivity contribution < 1.29 is 9.59 Å². The fourth-order valence-corrected chi connectivity index (χ4v) is 1.12. The van der Waals surface area contributed by atoms with Gasteiger partial charge in [0, 0.05) is 25.3 Å². The Morgan fingerprint density at radius 1 is 1.40 bits per heavy atom. The predicted octanol–water partition coefficient (Wildman–Crippen LogP) is 1.16. The SMILES string of the molecule is CC(=O)N(C)c1cccc(NC(N)=O)c1. The monoisotopic (exact) mass is 207 g/mol. The molecule has 0 aliphatic rings. The van der Waals surface area contributed by atoms with Crippen LogP contribution in [0.3, 0.4) is 0 Å². The molecular weight excluding hydrogens is 194 g/mol. The summed E-state index contributed by atoms with van der Waals surface area (Å²) >= 11 is 0. The molecule has 15 heavy (non-hydrogen) atoms. The normalized spacial score (nSPS) is 9.47. The summed E-state index contributed by atoms with van der Waals surface area (Å²) in [5.74, 6) is -0.0776. The van der Waals surface area contributed by atoms with Gasteiger partial charge in [-0.05, 0) is 18.2 Å². The van der Waals surface area contributed by atoms with Crippen molar-refractivity contribution in [3.05, 3.63) is 24.3 Å². The maximum atomic E-state index is 11.1. The number of nitrogens with zero attached hydrogens (tertiary/aromatic N) is 1. The third kappa shape index (κ3) is 2.98. The van der Waals surface area contributed by atoms with Crippen molar-refractivity contribution in [2.45, 2.75) is 6.92 Å². The molecule has 0 atom stereocenters. The fraction of sp³-hybridized carbons (Fsp3) is 0.200. The van der Waals surface area contributed by atoms with Crippen LogP contribution in [0.15, 0.2) is 24.3 Å². The largest absolute Gasteiger partial charge is 0.351 e. The number of hydrogen-bond donors (Lipinski definition) is 2. The van der Waals surface area contributed by atoms with Gasteiger partial charge >= 0.3 is 6.03 Å². The molecule has 1 aromatic rings. The highest BCUT2D eigenvalue weighted by atomic mass is 16.2. The lowest BCUT2D eigenvalue weighted by molar-refractivity contribution is -0.116. The van der Waals surface area contributed by atoms with E-state index in [4.69, 9.17) is 5.73 Å². The molecule has 0 radical (unpaired) electrons. The van der Waals surface area contributed by atoms with E-state index < -0.39 is 6.03 Å². The molecule has 1 aromatic carbocycles. The van der Waals surface area contributed by atoms with Crippen molar-refractivity contribution in [2.24, 2.45) is 5.73 Å². The molecule has 0 spiro atoms. The maximum absolute atomic E-state index is 11.1. The molecule has 0 heterocycles.